The molecule has 19 heavy (non-hydrogen) atoms. The van der Waals surface area contributed by atoms with E-state index in [4.69, 9.17) is 0 Å². The van der Waals surface area contributed by atoms with Gasteiger partial charge in [0.15, 0.2) is 0 Å². The highest BCUT2D eigenvalue weighted by Gasteiger charge is 2.04. The second-order valence-electron chi connectivity index (χ2n) is 4.01. The van der Waals surface area contributed by atoms with E-state index < -0.39 is 0 Å². The molecule has 2 rings (SSSR count). The SMILES string of the molecule is CNC(=O)c1cc(NCCc2ccccn2)ccn1. The van der Waals surface area contributed by atoms with Crippen molar-refractivity contribution in [2.75, 3.05) is 18.9 Å². The van der Waals surface area contributed by atoms with E-state index >= 15 is 0 Å². The van der Waals surface area contributed by atoms with Gasteiger partial charge in [0.1, 0.15) is 5.69 Å². The van der Waals surface area contributed by atoms with Gasteiger partial charge in [-0.25, -0.2) is 0 Å². The van der Waals surface area contributed by atoms with Crippen LogP contribution < -0.4 is 10.6 Å². The Bertz CT molecular complexity index is 542. The van der Waals surface area contributed by atoms with Gasteiger partial charge in [0.25, 0.3) is 5.91 Å². The Labute approximate surface area is 112 Å². The molecule has 0 spiro atoms. The summed E-state index contributed by atoms with van der Waals surface area (Å²) in [4.78, 5) is 19.7. The van der Waals surface area contributed by atoms with Gasteiger partial charge in [0, 0.05) is 43.8 Å². The summed E-state index contributed by atoms with van der Waals surface area (Å²) < 4.78 is 0. The zero-order valence-electron chi connectivity index (χ0n) is 10.8. The Kier molecular flexibility index (Phi) is 4.44. The summed E-state index contributed by atoms with van der Waals surface area (Å²) in [6.07, 6.45) is 4.23. The lowest BCUT2D eigenvalue weighted by Gasteiger charge is -2.07. The minimum Gasteiger partial charge on any atom is -0.385 e. The van der Waals surface area contributed by atoms with Crippen LogP contribution >= 0.6 is 0 Å². The highest BCUT2D eigenvalue weighted by Crippen LogP contribution is 2.08. The number of carbonyl (C=O) groups is 1. The number of aromatic nitrogens is 2. The molecule has 0 unspecified atom stereocenters. The minimum atomic E-state index is -0.187. The summed E-state index contributed by atoms with van der Waals surface area (Å²) in [6, 6.07) is 9.43. The van der Waals surface area contributed by atoms with Gasteiger partial charge in [-0.05, 0) is 24.3 Å². The van der Waals surface area contributed by atoms with Crippen LogP contribution in [0.1, 0.15) is 16.2 Å². The van der Waals surface area contributed by atoms with Crippen molar-refractivity contribution in [3.8, 4) is 0 Å². The molecule has 2 heterocycles. The molecule has 1 amide bonds. The summed E-state index contributed by atoms with van der Waals surface area (Å²) in [7, 11) is 1.59. The van der Waals surface area contributed by atoms with Crippen LogP contribution in [-0.4, -0.2) is 29.5 Å². The van der Waals surface area contributed by atoms with Crippen LogP contribution in [0.5, 0.6) is 0 Å². The highest BCUT2D eigenvalue weighted by molar-refractivity contribution is 5.92. The molecule has 2 aromatic heterocycles. The number of rotatable bonds is 5. The Morgan fingerprint density at radius 2 is 2.11 bits per heavy atom. The van der Waals surface area contributed by atoms with Crippen molar-refractivity contribution in [3.63, 3.8) is 0 Å². The molecule has 0 radical (unpaired) electrons. The molecule has 0 aliphatic heterocycles. The number of carbonyl (C=O) groups excluding carboxylic acids is 1. The van der Waals surface area contributed by atoms with Gasteiger partial charge in [0.05, 0.1) is 0 Å². The van der Waals surface area contributed by atoms with Crippen molar-refractivity contribution in [2.24, 2.45) is 0 Å². The Hall–Kier alpha value is -2.43. The standard InChI is InChI=1S/C14H16N4O/c1-15-14(19)13-10-12(6-9-18-13)17-8-5-11-4-2-3-7-16-11/h2-4,6-7,9-10H,5,8H2,1H3,(H,15,19)(H,17,18). The van der Waals surface area contributed by atoms with E-state index in [1.165, 1.54) is 0 Å². The fraction of sp³-hybridized carbons (Fsp3) is 0.214. The van der Waals surface area contributed by atoms with Crippen LogP contribution in [0, 0.1) is 0 Å². The Balaban J connectivity index is 1.91. The smallest absolute Gasteiger partial charge is 0.269 e. The first-order chi connectivity index (χ1) is 9.29. The first-order valence-corrected chi connectivity index (χ1v) is 6.11. The first-order valence-electron chi connectivity index (χ1n) is 6.11. The van der Waals surface area contributed by atoms with Crippen molar-refractivity contribution in [2.45, 2.75) is 6.42 Å². The van der Waals surface area contributed by atoms with E-state index in [9.17, 15) is 4.79 Å². The number of nitrogens with one attached hydrogen (secondary N) is 2. The number of amides is 1. The van der Waals surface area contributed by atoms with Crippen LogP contribution in [0.2, 0.25) is 0 Å². The van der Waals surface area contributed by atoms with Gasteiger partial charge < -0.3 is 10.6 Å². The summed E-state index contributed by atoms with van der Waals surface area (Å²) in [6.45, 7) is 0.758. The van der Waals surface area contributed by atoms with Gasteiger partial charge in [-0.15, -0.1) is 0 Å². The van der Waals surface area contributed by atoms with Crippen molar-refractivity contribution < 1.29 is 4.79 Å². The van der Waals surface area contributed by atoms with Gasteiger partial charge in [-0.3, -0.25) is 14.8 Å². The average Bonchev–Trinajstić information content (AvgIpc) is 2.48. The average molecular weight is 256 g/mol. The van der Waals surface area contributed by atoms with E-state index in [0.29, 0.717) is 5.69 Å². The summed E-state index contributed by atoms with van der Waals surface area (Å²) in [5.41, 5.74) is 2.32. The van der Waals surface area contributed by atoms with E-state index in [0.717, 1.165) is 24.3 Å². The molecule has 98 valence electrons. The fourth-order valence-corrected chi connectivity index (χ4v) is 1.67. The quantitative estimate of drug-likeness (QED) is 0.850. The third-order valence-electron chi connectivity index (χ3n) is 2.66. The maximum atomic E-state index is 11.4. The molecule has 0 saturated heterocycles. The van der Waals surface area contributed by atoms with Crippen LogP contribution in [-0.2, 0) is 6.42 Å². The van der Waals surface area contributed by atoms with Crippen molar-refractivity contribution in [1.82, 2.24) is 15.3 Å². The van der Waals surface area contributed by atoms with Crippen LogP contribution in [0.3, 0.4) is 0 Å². The van der Waals surface area contributed by atoms with Crippen molar-refractivity contribution in [3.05, 3.63) is 54.1 Å². The summed E-state index contributed by atoms with van der Waals surface area (Å²) in [5.74, 6) is -0.187. The molecule has 2 N–H and O–H groups in total. The number of nitrogens with zero attached hydrogens (tertiary/aromatic N) is 2. The zero-order chi connectivity index (χ0) is 13.5. The fourth-order valence-electron chi connectivity index (χ4n) is 1.67. The first kappa shape index (κ1) is 13.0. The molecule has 0 aliphatic carbocycles. The van der Waals surface area contributed by atoms with Gasteiger partial charge in [-0.1, -0.05) is 6.07 Å². The van der Waals surface area contributed by atoms with Crippen LogP contribution in [0.25, 0.3) is 0 Å². The predicted molar refractivity (Wildman–Crippen MR) is 74.1 cm³/mol. The highest BCUT2D eigenvalue weighted by atomic mass is 16.1. The Morgan fingerprint density at radius 1 is 1.21 bits per heavy atom. The van der Waals surface area contributed by atoms with Crippen LogP contribution in [0.4, 0.5) is 5.69 Å². The molecule has 2 aromatic rings. The van der Waals surface area contributed by atoms with Gasteiger partial charge >= 0.3 is 0 Å². The third kappa shape index (κ3) is 3.77. The molecule has 5 nitrogen and oxygen atoms in total. The van der Waals surface area contributed by atoms with E-state index in [1.807, 2.05) is 24.3 Å². The maximum absolute atomic E-state index is 11.4. The van der Waals surface area contributed by atoms with E-state index in [2.05, 4.69) is 20.6 Å². The lowest BCUT2D eigenvalue weighted by atomic mass is 10.2. The van der Waals surface area contributed by atoms with Crippen molar-refractivity contribution in [1.29, 1.82) is 0 Å². The molecule has 0 aromatic carbocycles. The normalized spacial score (nSPS) is 9.95. The molecular formula is C14H16N4O. The molecule has 0 saturated carbocycles. The molecule has 0 aliphatic rings. The molecule has 5 heteroatoms. The molecule has 0 fully saturated rings. The molecule has 0 bridgehead atoms. The van der Waals surface area contributed by atoms with Crippen LogP contribution in [0.15, 0.2) is 42.7 Å². The second kappa shape index (κ2) is 6.49. The lowest BCUT2D eigenvalue weighted by Crippen LogP contribution is -2.19. The number of pyridine rings is 2. The number of hydrogen-bond donors (Lipinski definition) is 2. The summed E-state index contributed by atoms with van der Waals surface area (Å²) in [5, 5.41) is 5.80. The van der Waals surface area contributed by atoms with Gasteiger partial charge in [0.2, 0.25) is 0 Å². The lowest BCUT2D eigenvalue weighted by molar-refractivity contribution is 0.0958. The zero-order valence-corrected chi connectivity index (χ0v) is 10.8. The number of anilines is 1. The molecular weight excluding hydrogens is 240 g/mol. The Morgan fingerprint density at radius 3 is 2.84 bits per heavy atom. The van der Waals surface area contributed by atoms with Crippen molar-refractivity contribution >= 4 is 11.6 Å². The topological polar surface area (TPSA) is 66.9 Å². The van der Waals surface area contributed by atoms with E-state index in [1.54, 1.807) is 25.5 Å². The largest absolute Gasteiger partial charge is 0.385 e. The molecule has 0 atom stereocenters. The van der Waals surface area contributed by atoms with E-state index in [-0.39, 0.29) is 5.91 Å². The van der Waals surface area contributed by atoms with Gasteiger partial charge in [-0.2, -0.15) is 0 Å². The minimum absolute atomic E-state index is 0.187. The monoisotopic (exact) mass is 256 g/mol. The third-order valence-corrected chi connectivity index (χ3v) is 2.66. The maximum Gasteiger partial charge on any atom is 0.269 e. The second-order valence-corrected chi connectivity index (χ2v) is 4.01. The summed E-state index contributed by atoms with van der Waals surface area (Å²) >= 11 is 0. The predicted octanol–water partition coefficient (Wildman–Crippen LogP) is 1.49. The number of hydrogen-bond acceptors (Lipinski definition) is 4.